The van der Waals surface area contributed by atoms with Gasteiger partial charge in [0.2, 0.25) is 0 Å². The number of aromatic amines is 2. The van der Waals surface area contributed by atoms with E-state index in [9.17, 15) is 18.0 Å². The average molecular weight is 404 g/mol. The Morgan fingerprint density at radius 1 is 1.15 bits per heavy atom. The zero-order chi connectivity index (χ0) is 19.1. The van der Waals surface area contributed by atoms with E-state index in [2.05, 4.69) is 25.7 Å². The van der Waals surface area contributed by atoms with Crippen molar-refractivity contribution in [3.63, 3.8) is 0 Å². The number of aryl methyl sites for hydroxylation is 1. The molecule has 0 radical (unpaired) electrons. The minimum absolute atomic E-state index is 0.0419. The van der Waals surface area contributed by atoms with Crippen LogP contribution >= 0.6 is 23.2 Å². The number of H-pyrrole nitrogens is 2. The van der Waals surface area contributed by atoms with Gasteiger partial charge in [-0.15, -0.1) is 0 Å². The lowest BCUT2D eigenvalue weighted by Gasteiger charge is -2.07. The molecule has 0 spiro atoms. The van der Waals surface area contributed by atoms with Crippen LogP contribution in [0.4, 0.5) is 18.9 Å². The van der Waals surface area contributed by atoms with E-state index < -0.39 is 23.5 Å². The van der Waals surface area contributed by atoms with E-state index in [0.29, 0.717) is 21.3 Å². The summed E-state index contributed by atoms with van der Waals surface area (Å²) in [4.78, 5) is 12.3. The number of hydrogen-bond donors (Lipinski definition) is 3. The Kier molecular flexibility index (Phi) is 4.68. The molecule has 0 fully saturated rings. The third kappa shape index (κ3) is 3.54. The number of amides is 1. The molecular formula is C15H10Cl2F3N5O. The van der Waals surface area contributed by atoms with Gasteiger partial charge in [-0.1, -0.05) is 23.2 Å². The number of alkyl halides is 3. The van der Waals surface area contributed by atoms with Crippen LogP contribution in [0.2, 0.25) is 10.0 Å². The first-order valence-electron chi connectivity index (χ1n) is 7.11. The lowest BCUT2D eigenvalue weighted by molar-refractivity contribution is -0.140. The van der Waals surface area contributed by atoms with Gasteiger partial charge in [-0.25, -0.2) is 0 Å². The number of aromatic nitrogens is 4. The number of carbonyl (C=O) groups is 1. The molecule has 0 saturated heterocycles. The van der Waals surface area contributed by atoms with E-state index in [1.165, 1.54) is 19.1 Å². The first-order valence-corrected chi connectivity index (χ1v) is 7.86. The molecule has 1 aromatic carbocycles. The fraction of sp³-hybridized carbons (Fsp3) is 0.133. The maximum absolute atomic E-state index is 12.9. The van der Waals surface area contributed by atoms with Crippen LogP contribution < -0.4 is 5.32 Å². The largest absolute Gasteiger partial charge is 0.437 e. The van der Waals surface area contributed by atoms with E-state index in [0.717, 1.165) is 0 Å². The van der Waals surface area contributed by atoms with Gasteiger partial charge in [0.05, 0.1) is 22.1 Å². The van der Waals surface area contributed by atoms with Gasteiger partial charge in [-0.2, -0.15) is 23.4 Å². The number of hydrogen-bond acceptors (Lipinski definition) is 3. The normalized spacial score (nSPS) is 11.6. The highest BCUT2D eigenvalue weighted by Crippen LogP contribution is 2.35. The number of nitrogens with zero attached hydrogens (tertiary/aromatic N) is 2. The van der Waals surface area contributed by atoms with Gasteiger partial charge >= 0.3 is 6.18 Å². The molecule has 3 N–H and O–H groups in total. The van der Waals surface area contributed by atoms with Gasteiger partial charge in [-0.05, 0) is 31.2 Å². The molecule has 6 nitrogen and oxygen atoms in total. The highest BCUT2D eigenvalue weighted by Gasteiger charge is 2.38. The Hall–Kier alpha value is -2.52. The number of rotatable bonds is 3. The Morgan fingerprint density at radius 2 is 1.88 bits per heavy atom. The van der Waals surface area contributed by atoms with Gasteiger partial charge in [0.25, 0.3) is 5.91 Å². The predicted octanol–water partition coefficient (Wildman–Crippen LogP) is 4.69. The molecule has 0 unspecified atom stereocenters. The Balaban J connectivity index is 1.87. The third-order valence-corrected chi connectivity index (χ3v) is 4.03. The minimum Gasteiger partial charge on any atom is -0.317 e. The van der Waals surface area contributed by atoms with Crippen LogP contribution in [-0.4, -0.2) is 26.3 Å². The van der Waals surface area contributed by atoms with Crippen LogP contribution in [0, 0.1) is 6.92 Å². The minimum atomic E-state index is -4.71. The molecule has 0 aliphatic carbocycles. The van der Waals surface area contributed by atoms with Crippen LogP contribution in [0.15, 0.2) is 24.3 Å². The zero-order valence-corrected chi connectivity index (χ0v) is 14.5. The summed E-state index contributed by atoms with van der Waals surface area (Å²) >= 11 is 11.9. The van der Waals surface area contributed by atoms with E-state index in [4.69, 9.17) is 23.2 Å². The van der Waals surface area contributed by atoms with Gasteiger partial charge in [0.15, 0.2) is 5.69 Å². The van der Waals surface area contributed by atoms with E-state index in [1.54, 1.807) is 12.1 Å². The van der Waals surface area contributed by atoms with Crippen molar-refractivity contribution in [1.82, 2.24) is 20.4 Å². The maximum atomic E-state index is 12.9. The van der Waals surface area contributed by atoms with Crippen molar-refractivity contribution in [2.45, 2.75) is 13.1 Å². The fourth-order valence-corrected chi connectivity index (χ4v) is 2.75. The first-order chi connectivity index (χ1) is 12.2. The molecule has 0 atom stereocenters. The Bertz CT molecular complexity index is 980. The lowest BCUT2D eigenvalue weighted by Crippen LogP contribution is -2.17. The molecule has 136 valence electrons. The molecule has 2 heterocycles. The summed E-state index contributed by atoms with van der Waals surface area (Å²) in [6.45, 7) is 1.36. The monoisotopic (exact) mass is 403 g/mol. The van der Waals surface area contributed by atoms with Crippen LogP contribution in [0.1, 0.15) is 21.9 Å². The summed E-state index contributed by atoms with van der Waals surface area (Å²) in [5.74, 6) is -0.802. The highest BCUT2D eigenvalue weighted by molar-refractivity contribution is 6.36. The number of nitrogens with one attached hydrogen (secondary N) is 3. The molecule has 0 aliphatic rings. The summed E-state index contributed by atoms with van der Waals surface area (Å²) < 4.78 is 38.8. The quantitative estimate of drug-likeness (QED) is 0.592. The maximum Gasteiger partial charge on any atom is 0.437 e. The topological polar surface area (TPSA) is 86.5 Å². The van der Waals surface area contributed by atoms with Crippen LogP contribution in [0.3, 0.4) is 0 Å². The fourth-order valence-electron chi connectivity index (χ4n) is 2.24. The summed E-state index contributed by atoms with van der Waals surface area (Å²) in [6, 6.07) is 6.09. The standard InChI is InChI=1S/C15H10Cl2F3N5O/c1-6-12(13(25-22-6)15(18,19)20)21-14(26)11-5-10(23-24-11)8-3-2-7(16)4-9(8)17/h2-5H,1H3,(H,21,26)(H,22,25)(H,23,24). The van der Waals surface area contributed by atoms with Crippen molar-refractivity contribution >= 4 is 34.8 Å². The SMILES string of the molecule is Cc1[nH]nc(C(F)(F)F)c1NC(=O)c1cc(-c2ccc(Cl)cc2Cl)n[nH]1. The van der Waals surface area contributed by atoms with Crippen molar-refractivity contribution in [3.8, 4) is 11.3 Å². The molecule has 3 rings (SSSR count). The number of anilines is 1. The molecule has 11 heteroatoms. The number of halogens is 5. The highest BCUT2D eigenvalue weighted by atomic mass is 35.5. The summed E-state index contributed by atoms with van der Waals surface area (Å²) in [5.41, 5.74) is -0.753. The van der Waals surface area contributed by atoms with Crippen LogP contribution in [-0.2, 0) is 6.18 Å². The molecule has 26 heavy (non-hydrogen) atoms. The van der Waals surface area contributed by atoms with E-state index >= 15 is 0 Å². The number of carbonyl (C=O) groups excluding carboxylic acids is 1. The molecule has 2 aromatic heterocycles. The average Bonchev–Trinajstić information content (AvgIpc) is 3.15. The van der Waals surface area contributed by atoms with Crippen molar-refractivity contribution in [2.24, 2.45) is 0 Å². The van der Waals surface area contributed by atoms with Gasteiger partial charge < -0.3 is 5.32 Å². The molecule has 1 amide bonds. The molecule has 0 bridgehead atoms. The first kappa shape index (κ1) is 18.3. The molecular weight excluding hydrogens is 394 g/mol. The second-order valence-corrected chi connectivity index (χ2v) is 6.16. The summed E-state index contributed by atoms with van der Waals surface area (Å²) in [7, 11) is 0. The van der Waals surface area contributed by atoms with Crippen LogP contribution in [0.25, 0.3) is 11.3 Å². The molecule has 3 aromatic rings. The van der Waals surface area contributed by atoms with Gasteiger partial charge in [0.1, 0.15) is 5.69 Å². The van der Waals surface area contributed by atoms with E-state index in [1.807, 2.05) is 0 Å². The third-order valence-electron chi connectivity index (χ3n) is 3.48. The zero-order valence-electron chi connectivity index (χ0n) is 13.0. The smallest absolute Gasteiger partial charge is 0.317 e. The van der Waals surface area contributed by atoms with Gasteiger partial charge in [0, 0.05) is 10.6 Å². The van der Waals surface area contributed by atoms with Crippen molar-refractivity contribution in [3.05, 3.63) is 51.4 Å². The van der Waals surface area contributed by atoms with Crippen molar-refractivity contribution in [1.29, 1.82) is 0 Å². The predicted molar refractivity (Wildman–Crippen MR) is 90.3 cm³/mol. The van der Waals surface area contributed by atoms with Crippen molar-refractivity contribution < 1.29 is 18.0 Å². The van der Waals surface area contributed by atoms with Crippen molar-refractivity contribution in [2.75, 3.05) is 5.32 Å². The number of benzene rings is 1. The summed E-state index contributed by atoms with van der Waals surface area (Å²) in [6.07, 6.45) is -4.71. The van der Waals surface area contributed by atoms with Gasteiger partial charge in [-0.3, -0.25) is 15.0 Å². The summed E-state index contributed by atoms with van der Waals surface area (Å²) in [5, 5.41) is 14.8. The lowest BCUT2D eigenvalue weighted by atomic mass is 10.1. The Morgan fingerprint density at radius 3 is 2.54 bits per heavy atom. The second-order valence-electron chi connectivity index (χ2n) is 5.32. The van der Waals surface area contributed by atoms with Crippen LogP contribution in [0.5, 0.6) is 0 Å². The van der Waals surface area contributed by atoms with E-state index in [-0.39, 0.29) is 11.4 Å². The molecule has 0 aliphatic heterocycles. The molecule has 0 saturated carbocycles. The second kappa shape index (κ2) is 6.65. The Labute approximate surface area is 154 Å².